The zero-order valence-corrected chi connectivity index (χ0v) is 6.49. The topological polar surface area (TPSA) is 45.8 Å². The summed E-state index contributed by atoms with van der Waals surface area (Å²) in [6.45, 7) is 3.20. The molecule has 1 N–H and O–H groups in total. The first-order valence-corrected chi connectivity index (χ1v) is 3.22. The fourth-order valence-electron chi connectivity index (χ4n) is 0.606. The average Bonchev–Trinajstić information content (AvgIpc) is 2.13. The first-order chi connectivity index (χ1) is 4.61. The van der Waals surface area contributed by atoms with Gasteiger partial charge in [0, 0.05) is 6.92 Å². The van der Waals surface area contributed by atoms with Crippen molar-refractivity contribution in [1.82, 2.24) is 9.97 Å². The van der Waals surface area contributed by atoms with Crippen LogP contribution in [0, 0.1) is 6.92 Å². The van der Waals surface area contributed by atoms with Crippen LogP contribution in [0.15, 0.2) is 0 Å². The van der Waals surface area contributed by atoms with E-state index in [2.05, 4.69) is 9.97 Å². The Hall–Kier alpha value is -0.830. The molecule has 0 spiro atoms. The number of carbonyl (C=O) groups excluding carboxylic acids is 1. The Morgan fingerprint density at radius 3 is 2.50 bits per heavy atom. The van der Waals surface area contributed by atoms with Gasteiger partial charge in [0.2, 0.25) is 0 Å². The van der Waals surface area contributed by atoms with Crippen molar-refractivity contribution in [3.05, 3.63) is 16.7 Å². The van der Waals surface area contributed by atoms with Crippen molar-refractivity contribution in [2.45, 2.75) is 13.8 Å². The summed E-state index contributed by atoms with van der Waals surface area (Å²) in [6.07, 6.45) is 0. The third-order valence-electron chi connectivity index (χ3n) is 1.16. The van der Waals surface area contributed by atoms with Crippen molar-refractivity contribution in [2.24, 2.45) is 0 Å². The monoisotopic (exact) mass is 158 g/mol. The van der Waals surface area contributed by atoms with Crippen molar-refractivity contribution in [3.63, 3.8) is 0 Å². The minimum Gasteiger partial charge on any atom is -0.338 e. The van der Waals surface area contributed by atoms with Gasteiger partial charge in [-0.05, 0) is 6.92 Å². The van der Waals surface area contributed by atoms with Gasteiger partial charge in [0.1, 0.15) is 0 Å². The van der Waals surface area contributed by atoms with Gasteiger partial charge in [0.05, 0.1) is 5.69 Å². The zero-order chi connectivity index (χ0) is 7.72. The normalized spacial score (nSPS) is 9.90. The molecule has 4 heteroatoms. The number of hydrogen-bond acceptors (Lipinski definition) is 2. The van der Waals surface area contributed by atoms with E-state index in [1.54, 1.807) is 6.92 Å². The highest BCUT2D eigenvalue weighted by Crippen LogP contribution is 2.10. The number of aromatic amines is 1. The molecular formula is C6H7ClN2O. The van der Waals surface area contributed by atoms with Gasteiger partial charge in [-0.3, -0.25) is 4.79 Å². The van der Waals surface area contributed by atoms with Gasteiger partial charge in [0.25, 0.3) is 0 Å². The fourth-order valence-corrected chi connectivity index (χ4v) is 0.738. The largest absolute Gasteiger partial charge is 0.338 e. The van der Waals surface area contributed by atoms with Crippen LogP contribution in [0.1, 0.15) is 23.2 Å². The van der Waals surface area contributed by atoms with Crippen LogP contribution in [0.5, 0.6) is 0 Å². The highest BCUT2D eigenvalue weighted by Gasteiger charge is 2.06. The maximum absolute atomic E-state index is 10.7. The molecule has 0 aliphatic rings. The molecule has 0 saturated heterocycles. The lowest BCUT2D eigenvalue weighted by Crippen LogP contribution is -1.93. The summed E-state index contributed by atoms with van der Waals surface area (Å²) in [6, 6.07) is 0. The lowest BCUT2D eigenvalue weighted by Gasteiger charge is -1.81. The fraction of sp³-hybridized carbons (Fsp3) is 0.333. The standard InChI is InChI=1S/C6H7ClN2O/c1-3-5(7)9-6(8-3)4(2)10/h1-2H3,(H,8,9). The number of hydrogen-bond donors (Lipinski definition) is 1. The van der Waals surface area contributed by atoms with Gasteiger partial charge in [-0.25, -0.2) is 4.98 Å². The van der Waals surface area contributed by atoms with Crippen molar-refractivity contribution in [2.75, 3.05) is 0 Å². The molecule has 1 aromatic rings. The molecule has 0 aromatic carbocycles. The van der Waals surface area contributed by atoms with Crippen molar-refractivity contribution >= 4 is 17.4 Å². The predicted octanol–water partition coefficient (Wildman–Crippen LogP) is 1.57. The van der Waals surface area contributed by atoms with Crippen molar-refractivity contribution < 1.29 is 4.79 Å². The van der Waals surface area contributed by atoms with Crippen LogP contribution in [0.2, 0.25) is 5.15 Å². The Morgan fingerprint density at radius 2 is 2.30 bits per heavy atom. The summed E-state index contributed by atoms with van der Waals surface area (Å²) in [5, 5.41) is 0.366. The molecular weight excluding hydrogens is 152 g/mol. The Labute approximate surface area is 63.4 Å². The maximum atomic E-state index is 10.7. The van der Waals surface area contributed by atoms with Crippen LogP contribution in [-0.2, 0) is 0 Å². The van der Waals surface area contributed by atoms with Crippen LogP contribution < -0.4 is 0 Å². The quantitative estimate of drug-likeness (QED) is 0.631. The Kier molecular flexibility index (Phi) is 1.76. The number of aromatic nitrogens is 2. The number of imidazole rings is 1. The molecule has 0 fully saturated rings. The summed E-state index contributed by atoms with van der Waals surface area (Å²) in [4.78, 5) is 17.2. The molecule has 0 unspecified atom stereocenters. The molecule has 1 heterocycles. The highest BCUT2D eigenvalue weighted by molar-refractivity contribution is 6.30. The molecule has 1 aromatic heterocycles. The first-order valence-electron chi connectivity index (χ1n) is 2.84. The van der Waals surface area contributed by atoms with Crippen LogP contribution in [-0.4, -0.2) is 15.8 Å². The summed E-state index contributed by atoms with van der Waals surface area (Å²) < 4.78 is 0. The lowest BCUT2D eigenvalue weighted by molar-refractivity contribution is 0.100. The number of halogens is 1. The lowest BCUT2D eigenvalue weighted by atomic mass is 10.4. The van der Waals surface area contributed by atoms with Crippen LogP contribution in [0.3, 0.4) is 0 Å². The van der Waals surface area contributed by atoms with Crippen LogP contribution in [0.25, 0.3) is 0 Å². The van der Waals surface area contributed by atoms with E-state index >= 15 is 0 Å². The molecule has 0 atom stereocenters. The van der Waals surface area contributed by atoms with E-state index in [1.807, 2.05) is 0 Å². The molecule has 0 amide bonds. The van der Waals surface area contributed by atoms with Crippen LogP contribution in [0.4, 0.5) is 0 Å². The van der Waals surface area contributed by atoms with Gasteiger partial charge in [0.15, 0.2) is 16.8 Å². The molecule has 54 valence electrons. The number of carbonyl (C=O) groups is 1. The minimum absolute atomic E-state index is 0.102. The molecule has 0 aliphatic heterocycles. The number of aryl methyl sites for hydroxylation is 1. The van der Waals surface area contributed by atoms with Crippen molar-refractivity contribution in [3.8, 4) is 0 Å². The van der Waals surface area contributed by atoms with Gasteiger partial charge < -0.3 is 4.98 Å². The van der Waals surface area contributed by atoms with E-state index in [9.17, 15) is 4.79 Å². The van der Waals surface area contributed by atoms with Crippen LogP contribution >= 0.6 is 11.6 Å². The van der Waals surface area contributed by atoms with E-state index in [-0.39, 0.29) is 5.78 Å². The molecule has 0 bridgehead atoms. The average molecular weight is 159 g/mol. The van der Waals surface area contributed by atoms with Gasteiger partial charge >= 0.3 is 0 Å². The molecule has 10 heavy (non-hydrogen) atoms. The maximum Gasteiger partial charge on any atom is 0.195 e. The third-order valence-corrected chi connectivity index (χ3v) is 1.53. The Morgan fingerprint density at radius 1 is 1.70 bits per heavy atom. The Bertz CT molecular complexity index is 247. The highest BCUT2D eigenvalue weighted by atomic mass is 35.5. The molecule has 0 aliphatic carbocycles. The number of rotatable bonds is 1. The second-order valence-corrected chi connectivity index (χ2v) is 2.42. The molecule has 3 nitrogen and oxygen atoms in total. The third kappa shape index (κ3) is 1.19. The zero-order valence-electron chi connectivity index (χ0n) is 5.73. The van der Waals surface area contributed by atoms with Gasteiger partial charge in [-0.15, -0.1) is 0 Å². The van der Waals surface area contributed by atoms with E-state index < -0.39 is 0 Å². The van der Waals surface area contributed by atoms with Gasteiger partial charge in [-0.1, -0.05) is 11.6 Å². The number of nitrogens with zero attached hydrogens (tertiary/aromatic N) is 1. The predicted molar refractivity (Wildman–Crippen MR) is 38.3 cm³/mol. The Balaban J connectivity index is 3.10. The van der Waals surface area contributed by atoms with E-state index in [4.69, 9.17) is 11.6 Å². The molecule has 0 saturated carbocycles. The number of Topliss-reactive ketones (excluding diaryl/α,β-unsaturated/α-hetero) is 1. The SMILES string of the molecule is CC(=O)c1nc(Cl)c(C)[nH]1. The van der Waals surface area contributed by atoms with E-state index in [1.165, 1.54) is 6.92 Å². The smallest absolute Gasteiger partial charge is 0.195 e. The summed E-state index contributed by atoms with van der Waals surface area (Å²) in [5.74, 6) is 0.220. The van der Waals surface area contributed by atoms with Crippen molar-refractivity contribution in [1.29, 1.82) is 0 Å². The molecule has 1 rings (SSSR count). The summed E-state index contributed by atoms with van der Waals surface area (Å²) in [7, 11) is 0. The van der Waals surface area contributed by atoms with Gasteiger partial charge in [-0.2, -0.15) is 0 Å². The number of H-pyrrole nitrogens is 1. The first kappa shape index (κ1) is 7.28. The summed E-state index contributed by atoms with van der Waals surface area (Å²) in [5.41, 5.74) is 0.729. The molecule has 0 radical (unpaired) electrons. The summed E-state index contributed by atoms with van der Waals surface area (Å²) >= 11 is 5.58. The van der Waals surface area contributed by atoms with E-state index in [0.717, 1.165) is 5.69 Å². The number of ketones is 1. The second-order valence-electron chi connectivity index (χ2n) is 2.06. The number of nitrogens with one attached hydrogen (secondary N) is 1. The minimum atomic E-state index is -0.102. The van der Waals surface area contributed by atoms with E-state index in [0.29, 0.717) is 11.0 Å². The second kappa shape index (κ2) is 2.42.